The molecule has 2 nitrogen and oxygen atoms in total. The number of hydrogen-bond donors (Lipinski definition) is 1. The molecule has 0 saturated carbocycles. The second kappa shape index (κ2) is 5.45. The first-order chi connectivity index (χ1) is 8.22. The number of halogens is 2. The lowest BCUT2D eigenvalue weighted by atomic mass is 10.1. The van der Waals surface area contributed by atoms with Crippen LogP contribution in [0.2, 0.25) is 0 Å². The van der Waals surface area contributed by atoms with E-state index in [-0.39, 0.29) is 6.04 Å². The molecular formula is C13H17F2NO. The van der Waals surface area contributed by atoms with Crippen LogP contribution in [0.3, 0.4) is 0 Å². The first kappa shape index (κ1) is 12.3. The Labute approximate surface area is 100.0 Å². The summed E-state index contributed by atoms with van der Waals surface area (Å²) in [5.74, 6) is 0.332. The van der Waals surface area contributed by atoms with Gasteiger partial charge in [0.15, 0.2) is 0 Å². The van der Waals surface area contributed by atoms with Crippen molar-refractivity contribution in [3.05, 3.63) is 29.3 Å². The van der Waals surface area contributed by atoms with E-state index in [2.05, 4.69) is 17.0 Å². The highest BCUT2D eigenvalue weighted by atomic mass is 19.3. The molecular weight excluding hydrogens is 224 g/mol. The van der Waals surface area contributed by atoms with E-state index in [0.717, 1.165) is 36.9 Å². The minimum absolute atomic E-state index is 0.283. The number of alkyl halides is 2. The summed E-state index contributed by atoms with van der Waals surface area (Å²) in [7, 11) is 0. The molecule has 1 aliphatic rings. The maximum atomic E-state index is 12.3. The van der Waals surface area contributed by atoms with Gasteiger partial charge in [0.25, 0.3) is 0 Å². The third-order valence-electron chi connectivity index (χ3n) is 3.08. The minimum atomic E-state index is -2.75. The van der Waals surface area contributed by atoms with Gasteiger partial charge in [0.2, 0.25) is 0 Å². The van der Waals surface area contributed by atoms with Gasteiger partial charge in [-0.25, -0.2) is 0 Å². The predicted octanol–water partition coefficient (Wildman–Crippen LogP) is 3.27. The zero-order valence-corrected chi connectivity index (χ0v) is 9.88. The van der Waals surface area contributed by atoms with Crippen LogP contribution < -0.4 is 10.1 Å². The van der Waals surface area contributed by atoms with Gasteiger partial charge in [0.05, 0.1) is 0 Å². The number of hydrogen-bond acceptors (Lipinski definition) is 2. The molecule has 0 spiro atoms. The second-order valence-electron chi connectivity index (χ2n) is 4.25. The van der Waals surface area contributed by atoms with Gasteiger partial charge in [-0.1, -0.05) is 19.1 Å². The number of nitrogens with one attached hydrogen (secondary N) is 1. The highest BCUT2D eigenvalue weighted by Gasteiger charge is 2.25. The van der Waals surface area contributed by atoms with E-state index in [1.165, 1.54) is 0 Å². The van der Waals surface area contributed by atoms with Crippen LogP contribution in [0.1, 0.15) is 36.9 Å². The van der Waals surface area contributed by atoms with Crippen molar-refractivity contribution in [3.8, 4) is 5.75 Å². The Hall–Kier alpha value is -1.16. The van der Waals surface area contributed by atoms with E-state index in [1.807, 2.05) is 6.07 Å². The van der Waals surface area contributed by atoms with Gasteiger partial charge in [0, 0.05) is 6.04 Å². The number of benzene rings is 1. The van der Waals surface area contributed by atoms with Crippen molar-refractivity contribution in [1.29, 1.82) is 0 Å². The van der Waals surface area contributed by atoms with Crippen LogP contribution in [-0.4, -0.2) is 13.2 Å². The maximum absolute atomic E-state index is 12.3. The van der Waals surface area contributed by atoms with Crippen LogP contribution >= 0.6 is 0 Å². The molecule has 1 unspecified atom stereocenters. The molecule has 1 atom stereocenters. The Morgan fingerprint density at radius 1 is 1.47 bits per heavy atom. The lowest BCUT2D eigenvalue weighted by Gasteiger charge is -2.14. The van der Waals surface area contributed by atoms with Crippen LogP contribution in [0, 0.1) is 0 Å². The number of ether oxygens (including phenoxy) is 1. The largest absolute Gasteiger partial charge is 0.435 e. The Morgan fingerprint density at radius 3 is 3.00 bits per heavy atom. The fourth-order valence-corrected chi connectivity index (χ4v) is 2.36. The Morgan fingerprint density at radius 2 is 2.29 bits per heavy atom. The predicted molar refractivity (Wildman–Crippen MR) is 62.4 cm³/mol. The molecule has 1 N–H and O–H groups in total. The molecule has 1 aliphatic carbocycles. The number of fused-ring (bicyclic) bond motifs is 1. The molecule has 4 heteroatoms. The van der Waals surface area contributed by atoms with E-state index in [9.17, 15) is 8.78 Å². The smallest absolute Gasteiger partial charge is 0.387 e. The number of rotatable bonds is 5. The molecule has 0 fully saturated rings. The van der Waals surface area contributed by atoms with Gasteiger partial charge in [-0.15, -0.1) is 0 Å². The quantitative estimate of drug-likeness (QED) is 0.854. The summed E-state index contributed by atoms with van der Waals surface area (Å²) >= 11 is 0. The molecule has 1 aromatic carbocycles. The third kappa shape index (κ3) is 2.75. The van der Waals surface area contributed by atoms with Gasteiger partial charge in [0.1, 0.15) is 5.75 Å². The van der Waals surface area contributed by atoms with Gasteiger partial charge < -0.3 is 10.1 Å². The normalized spacial score (nSPS) is 18.5. The lowest BCUT2D eigenvalue weighted by Crippen LogP contribution is -2.19. The molecule has 0 aliphatic heterocycles. The zero-order valence-electron chi connectivity index (χ0n) is 9.88. The summed E-state index contributed by atoms with van der Waals surface area (Å²) < 4.78 is 29.1. The van der Waals surface area contributed by atoms with Crippen LogP contribution in [-0.2, 0) is 6.42 Å². The summed E-state index contributed by atoms with van der Waals surface area (Å²) in [5, 5.41) is 3.42. The third-order valence-corrected chi connectivity index (χ3v) is 3.08. The van der Waals surface area contributed by atoms with Crippen molar-refractivity contribution >= 4 is 0 Å². The Bertz CT molecular complexity index is 382. The average Bonchev–Trinajstić information content (AvgIpc) is 2.70. The van der Waals surface area contributed by atoms with Crippen molar-refractivity contribution in [1.82, 2.24) is 5.32 Å². The van der Waals surface area contributed by atoms with E-state index in [1.54, 1.807) is 12.1 Å². The SMILES string of the molecule is CCCNC1CCc2c(OC(F)F)cccc21. The summed E-state index contributed by atoms with van der Waals surface area (Å²) in [4.78, 5) is 0. The Kier molecular flexibility index (Phi) is 3.94. The van der Waals surface area contributed by atoms with E-state index < -0.39 is 6.61 Å². The summed E-state index contributed by atoms with van der Waals surface area (Å²) in [6.07, 6.45) is 2.83. The fraction of sp³-hybridized carbons (Fsp3) is 0.538. The van der Waals surface area contributed by atoms with Crippen molar-refractivity contribution in [3.63, 3.8) is 0 Å². The average molecular weight is 241 g/mol. The molecule has 0 amide bonds. The van der Waals surface area contributed by atoms with Gasteiger partial charge in [-0.2, -0.15) is 8.78 Å². The minimum Gasteiger partial charge on any atom is -0.435 e. The topological polar surface area (TPSA) is 21.3 Å². The maximum Gasteiger partial charge on any atom is 0.387 e. The molecule has 0 heterocycles. The van der Waals surface area contributed by atoms with Crippen LogP contribution in [0.15, 0.2) is 18.2 Å². The van der Waals surface area contributed by atoms with Gasteiger partial charge in [-0.05, 0) is 43.0 Å². The van der Waals surface area contributed by atoms with Crippen molar-refractivity contribution < 1.29 is 13.5 Å². The van der Waals surface area contributed by atoms with E-state index in [0.29, 0.717) is 5.75 Å². The van der Waals surface area contributed by atoms with E-state index >= 15 is 0 Å². The fourth-order valence-electron chi connectivity index (χ4n) is 2.36. The van der Waals surface area contributed by atoms with Crippen molar-refractivity contribution in [2.24, 2.45) is 0 Å². The van der Waals surface area contributed by atoms with Crippen molar-refractivity contribution in [2.45, 2.75) is 38.8 Å². The lowest BCUT2D eigenvalue weighted by molar-refractivity contribution is -0.0504. The molecule has 0 aromatic heterocycles. The molecule has 0 bridgehead atoms. The molecule has 17 heavy (non-hydrogen) atoms. The highest BCUT2D eigenvalue weighted by molar-refractivity contribution is 5.45. The standard InChI is InChI=1S/C13H17F2NO/c1-2-8-16-11-7-6-10-9(11)4-3-5-12(10)17-13(14)15/h3-5,11,13,16H,2,6-8H2,1H3. The first-order valence-electron chi connectivity index (χ1n) is 6.02. The molecule has 2 rings (SSSR count). The van der Waals surface area contributed by atoms with Crippen LogP contribution in [0.5, 0.6) is 5.75 Å². The molecule has 0 saturated heterocycles. The molecule has 94 valence electrons. The monoisotopic (exact) mass is 241 g/mol. The van der Waals surface area contributed by atoms with Gasteiger partial charge >= 0.3 is 6.61 Å². The highest BCUT2D eigenvalue weighted by Crippen LogP contribution is 2.37. The van der Waals surface area contributed by atoms with Crippen LogP contribution in [0.25, 0.3) is 0 Å². The first-order valence-corrected chi connectivity index (χ1v) is 6.02. The van der Waals surface area contributed by atoms with Gasteiger partial charge in [-0.3, -0.25) is 0 Å². The Balaban J connectivity index is 2.17. The summed E-state index contributed by atoms with van der Waals surface area (Å²) in [6, 6.07) is 5.68. The summed E-state index contributed by atoms with van der Waals surface area (Å²) in [6.45, 7) is 0.313. The molecule has 1 aromatic rings. The summed E-state index contributed by atoms with van der Waals surface area (Å²) in [5.41, 5.74) is 2.04. The van der Waals surface area contributed by atoms with E-state index in [4.69, 9.17) is 0 Å². The van der Waals surface area contributed by atoms with Crippen LogP contribution in [0.4, 0.5) is 8.78 Å². The van der Waals surface area contributed by atoms with Crippen molar-refractivity contribution in [2.75, 3.05) is 6.54 Å². The molecule has 0 radical (unpaired) electrons. The second-order valence-corrected chi connectivity index (χ2v) is 4.25. The zero-order chi connectivity index (χ0) is 12.3.